The van der Waals surface area contributed by atoms with E-state index in [1.165, 1.54) is 11.1 Å². The van der Waals surface area contributed by atoms with Crippen molar-refractivity contribution in [3.8, 4) is 0 Å². The lowest BCUT2D eigenvalue weighted by atomic mass is 9.86. The predicted molar refractivity (Wildman–Crippen MR) is 84.5 cm³/mol. The molecule has 0 heterocycles. The van der Waals surface area contributed by atoms with Crippen molar-refractivity contribution in [3.63, 3.8) is 0 Å². The third-order valence-corrected chi connectivity index (χ3v) is 4.30. The van der Waals surface area contributed by atoms with E-state index < -0.39 is 0 Å². The van der Waals surface area contributed by atoms with E-state index in [9.17, 15) is 0 Å². The molecule has 0 amide bonds. The van der Waals surface area contributed by atoms with E-state index in [1.54, 1.807) is 0 Å². The Balaban J connectivity index is 2.81. The number of nitrogens with zero attached hydrogens (tertiary/aromatic N) is 1. The maximum atomic E-state index is 3.45. The summed E-state index contributed by atoms with van der Waals surface area (Å²) < 4.78 is 0. The Morgan fingerprint density at radius 3 is 2.26 bits per heavy atom. The van der Waals surface area contributed by atoms with Crippen molar-refractivity contribution in [2.45, 2.75) is 46.7 Å². The highest BCUT2D eigenvalue weighted by Gasteiger charge is 2.25. The minimum atomic E-state index is 0.304. The van der Waals surface area contributed by atoms with Crippen LogP contribution in [0.25, 0.3) is 0 Å². The van der Waals surface area contributed by atoms with Gasteiger partial charge in [-0.25, -0.2) is 0 Å². The van der Waals surface area contributed by atoms with Crippen LogP contribution in [0, 0.1) is 12.3 Å². The molecule has 2 heteroatoms. The molecule has 2 atom stereocenters. The van der Waals surface area contributed by atoms with Gasteiger partial charge in [0.2, 0.25) is 0 Å². The van der Waals surface area contributed by atoms with Gasteiger partial charge in [-0.1, -0.05) is 45.0 Å². The Kier molecular flexibility index (Phi) is 5.57. The van der Waals surface area contributed by atoms with Gasteiger partial charge in [0.25, 0.3) is 0 Å². The molecule has 2 nitrogen and oxygen atoms in total. The molecular formula is C17H30N2. The highest BCUT2D eigenvalue weighted by atomic mass is 15.2. The monoisotopic (exact) mass is 262 g/mol. The number of likely N-dealkylation sites (N-methyl/N-ethyl adjacent to an activating group) is 2. The SMILES string of the molecule is CNC(CN(C)C(C)C(C)(C)C)c1ccccc1C. The third kappa shape index (κ3) is 4.32. The van der Waals surface area contributed by atoms with Gasteiger partial charge in [0.05, 0.1) is 0 Å². The maximum absolute atomic E-state index is 3.45. The zero-order chi connectivity index (χ0) is 14.6. The Morgan fingerprint density at radius 2 is 1.79 bits per heavy atom. The van der Waals surface area contributed by atoms with Crippen LogP contribution in [0.3, 0.4) is 0 Å². The molecule has 108 valence electrons. The topological polar surface area (TPSA) is 15.3 Å². The molecule has 0 fully saturated rings. The lowest BCUT2D eigenvalue weighted by molar-refractivity contribution is 0.130. The summed E-state index contributed by atoms with van der Waals surface area (Å²) in [5, 5.41) is 3.45. The second-order valence-corrected chi connectivity index (χ2v) is 6.68. The minimum absolute atomic E-state index is 0.304. The first-order valence-corrected chi connectivity index (χ1v) is 7.20. The lowest BCUT2D eigenvalue weighted by Crippen LogP contribution is -2.43. The lowest BCUT2D eigenvalue weighted by Gasteiger charge is -2.37. The molecule has 0 spiro atoms. The quantitative estimate of drug-likeness (QED) is 0.872. The molecular weight excluding hydrogens is 232 g/mol. The van der Waals surface area contributed by atoms with E-state index in [2.05, 4.69) is 76.1 Å². The zero-order valence-electron chi connectivity index (χ0n) is 13.6. The van der Waals surface area contributed by atoms with Crippen LogP contribution in [0.15, 0.2) is 24.3 Å². The van der Waals surface area contributed by atoms with E-state index in [-0.39, 0.29) is 0 Å². The van der Waals surface area contributed by atoms with Crippen molar-refractivity contribution in [1.82, 2.24) is 10.2 Å². The van der Waals surface area contributed by atoms with Crippen LogP contribution in [-0.2, 0) is 0 Å². The van der Waals surface area contributed by atoms with Crippen molar-refractivity contribution in [3.05, 3.63) is 35.4 Å². The highest BCUT2D eigenvalue weighted by molar-refractivity contribution is 5.29. The smallest absolute Gasteiger partial charge is 0.0449 e. The third-order valence-electron chi connectivity index (χ3n) is 4.30. The van der Waals surface area contributed by atoms with Gasteiger partial charge in [-0.3, -0.25) is 0 Å². The normalized spacial score (nSPS) is 15.6. The molecule has 0 aliphatic rings. The molecule has 0 saturated carbocycles. The molecule has 2 unspecified atom stereocenters. The second-order valence-electron chi connectivity index (χ2n) is 6.68. The van der Waals surface area contributed by atoms with Gasteiger partial charge in [-0.05, 0) is 44.5 Å². The molecule has 0 radical (unpaired) electrons. The van der Waals surface area contributed by atoms with E-state index in [4.69, 9.17) is 0 Å². The second kappa shape index (κ2) is 6.53. The summed E-state index contributed by atoms with van der Waals surface area (Å²) in [5.41, 5.74) is 3.07. The summed E-state index contributed by atoms with van der Waals surface area (Å²) in [7, 11) is 4.27. The van der Waals surface area contributed by atoms with E-state index in [0.717, 1.165) is 6.54 Å². The molecule has 1 aromatic rings. The van der Waals surface area contributed by atoms with Crippen molar-refractivity contribution < 1.29 is 0 Å². The first kappa shape index (κ1) is 16.2. The standard InChI is InChI=1S/C17H30N2/c1-13-10-8-9-11-15(13)16(18-6)12-19(7)14(2)17(3,4)5/h8-11,14,16,18H,12H2,1-7H3. The first-order chi connectivity index (χ1) is 8.77. The summed E-state index contributed by atoms with van der Waals surface area (Å²) >= 11 is 0. The average Bonchev–Trinajstić information content (AvgIpc) is 2.34. The molecule has 0 saturated heterocycles. The van der Waals surface area contributed by atoms with Crippen LogP contribution < -0.4 is 5.32 Å². The van der Waals surface area contributed by atoms with Gasteiger partial charge < -0.3 is 10.2 Å². The van der Waals surface area contributed by atoms with Crippen LogP contribution >= 0.6 is 0 Å². The summed E-state index contributed by atoms with van der Waals surface area (Å²) in [4.78, 5) is 2.45. The molecule has 1 rings (SSSR count). The Labute approximate surface area is 119 Å². The van der Waals surface area contributed by atoms with Crippen LogP contribution in [0.1, 0.15) is 44.9 Å². The minimum Gasteiger partial charge on any atom is -0.312 e. The van der Waals surface area contributed by atoms with Crippen LogP contribution in [0.2, 0.25) is 0 Å². The summed E-state index contributed by atoms with van der Waals surface area (Å²) in [5.74, 6) is 0. The fourth-order valence-corrected chi connectivity index (χ4v) is 2.43. The number of aryl methyl sites for hydroxylation is 1. The Hall–Kier alpha value is -0.860. The number of hydrogen-bond donors (Lipinski definition) is 1. The molecule has 0 aliphatic heterocycles. The van der Waals surface area contributed by atoms with Gasteiger partial charge >= 0.3 is 0 Å². The molecule has 0 aliphatic carbocycles. The predicted octanol–water partition coefficient (Wildman–Crippen LogP) is 3.62. The van der Waals surface area contributed by atoms with Crippen molar-refractivity contribution in [2.24, 2.45) is 5.41 Å². The van der Waals surface area contributed by atoms with Crippen molar-refractivity contribution >= 4 is 0 Å². The van der Waals surface area contributed by atoms with Gasteiger partial charge in [-0.2, -0.15) is 0 Å². The van der Waals surface area contributed by atoms with E-state index >= 15 is 0 Å². The molecule has 1 aromatic carbocycles. The summed E-state index contributed by atoms with van der Waals surface area (Å²) in [6, 6.07) is 9.58. The molecule has 0 aromatic heterocycles. The average molecular weight is 262 g/mol. The molecule has 0 bridgehead atoms. The summed E-state index contributed by atoms with van der Waals surface area (Å²) in [6.07, 6.45) is 0. The zero-order valence-corrected chi connectivity index (χ0v) is 13.6. The van der Waals surface area contributed by atoms with Crippen molar-refractivity contribution in [1.29, 1.82) is 0 Å². The van der Waals surface area contributed by atoms with Gasteiger partial charge in [0, 0.05) is 18.6 Å². The van der Waals surface area contributed by atoms with Gasteiger partial charge in [0.15, 0.2) is 0 Å². The number of nitrogens with one attached hydrogen (secondary N) is 1. The molecule has 19 heavy (non-hydrogen) atoms. The number of rotatable bonds is 5. The van der Waals surface area contributed by atoms with Gasteiger partial charge in [-0.15, -0.1) is 0 Å². The number of hydrogen-bond acceptors (Lipinski definition) is 2. The van der Waals surface area contributed by atoms with Crippen LogP contribution in [0.4, 0.5) is 0 Å². The fraction of sp³-hybridized carbons (Fsp3) is 0.647. The van der Waals surface area contributed by atoms with E-state index in [1.807, 2.05) is 7.05 Å². The van der Waals surface area contributed by atoms with Crippen LogP contribution in [-0.4, -0.2) is 31.6 Å². The highest BCUT2D eigenvalue weighted by Crippen LogP contribution is 2.25. The summed E-state index contributed by atoms with van der Waals surface area (Å²) in [6.45, 7) is 12.4. The fourth-order valence-electron chi connectivity index (χ4n) is 2.43. The Morgan fingerprint density at radius 1 is 1.21 bits per heavy atom. The van der Waals surface area contributed by atoms with Crippen molar-refractivity contribution in [2.75, 3.05) is 20.6 Å². The molecule has 1 N–H and O–H groups in total. The maximum Gasteiger partial charge on any atom is 0.0449 e. The van der Waals surface area contributed by atoms with Gasteiger partial charge in [0.1, 0.15) is 0 Å². The Bertz CT molecular complexity index is 392. The first-order valence-electron chi connectivity index (χ1n) is 7.20. The van der Waals surface area contributed by atoms with E-state index in [0.29, 0.717) is 17.5 Å². The van der Waals surface area contributed by atoms with Crippen LogP contribution in [0.5, 0.6) is 0 Å². The number of benzene rings is 1. The largest absolute Gasteiger partial charge is 0.312 e.